The van der Waals surface area contributed by atoms with Gasteiger partial charge < -0.3 is 0 Å². The molecule has 1 spiro atoms. The second-order valence-corrected chi connectivity index (χ2v) is 7.49. The lowest BCUT2D eigenvalue weighted by atomic mass is 9.62. The summed E-state index contributed by atoms with van der Waals surface area (Å²) in [6, 6.07) is 14.0. The van der Waals surface area contributed by atoms with E-state index in [4.69, 9.17) is 4.84 Å². The summed E-state index contributed by atoms with van der Waals surface area (Å²) in [5.74, 6) is 2.17. The molecule has 0 radical (unpaired) electrons. The molecule has 2 aromatic rings. The van der Waals surface area contributed by atoms with Gasteiger partial charge >= 0.3 is 0 Å². The number of rotatable bonds is 3. The fraction of sp³-hybridized carbons (Fsp3) is 0.474. The first-order chi connectivity index (χ1) is 12.3. The molecule has 1 aliphatic heterocycles. The summed E-state index contributed by atoms with van der Waals surface area (Å²) in [7, 11) is 0. The number of nitrogens with zero attached hydrogens (tertiary/aromatic N) is 3. The molecular formula is C19H23N5O. The number of hydrazine groups is 2. The summed E-state index contributed by atoms with van der Waals surface area (Å²) in [6.45, 7) is 0.872. The van der Waals surface area contributed by atoms with E-state index in [2.05, 4.69) is 21.0 Å². The van der Waals surface area contributed by atoms with Crippen LogP contribution >= 0.6 is 0 Å². The molecule has 3 saturated carbocycles. The van der Waals surface area contributed by atoms with E-state index >= 15 is 0 Å². The number of fused-ring (bicyclic) bond motifs is 2. The fourth-order valence-corrected chi connectivity index (χ4v) is 4.65. The second-order valence-electron chi connectivity index (χ2n) is 7.49. The highest BCUT2D eigenvalue weighted by molar-refractivity contribution is 5.59. The molecule has 1 atom stereocenters. The summed E-state index contributed by atoms with van der Waals surface area (Å²) in [5, 5.41) is 10.2. The molecule has 1 aromatic carbocycles. The van der Waals surface area contributed by atoms with E-state index in [1.165, 1.54) is 32.1 Å². The molecule has 6 rings (SSSR count). The van der Waals surface area contributed by atoms with Gasteiger partial charge in [-0.3, -0.25) is 10.3 Å². The fourth-order valence-electron chi connectivity index (χ4n) is 4.65. The molecule has 4 aliphatic rings. The first kappa shape index (κ1) is 15.3. The largest absolute Gasteiger partial charge is 0.264 e. The molecule has 6 heteroatoms. The van der Waals surface area contributed by atoms with Gasteiger partial charge in [-0.25, -0.2) is 5.43 Å². The minimum atomic E-state index is -0.0361. The zero-order valence-electron chi connectivity index (χ0n) is 14.2. The molecule has 0 unspecified atom stereocenters. The van der Waals surface area contributed by atoms with E-state index in [9.17, 15) is 0 Å². The van der Waals surface area contributed by atoms with Crippen LogP contribution in [0.15, 0.2) is 42.5 Å². The van der Waals surface area contributed by atoms with Crippen LogP contribution in [0, 0.1) is 11.8 Å². The number of benzene rings is 1. The average molecular weight is 337 g/mol. The van der Waals surface area contributed by atoms with E-state index in [0.29, 0.717) is 11.7 Å². The van der Waals surface area contributed by atoms with Crippen molar-refractivity contribution in [2.24, 2.45) is 11.8 Å². The minimum absolute atomic E-state index is 0.0361. The Morgan fingerprint density at radius 1 is 1.04 bits per heavy atom. The van der Waals surface area contributed by atoms with Crippen molar-refractivity contribution in [2.45, 2.75) is 37.7 Å². The summed E-state index contributed by atoms with van der Waals surface area (Å²) in [4.78, 5) is 6.29. The van der Waals surface area contributed by atoms with E-state index in [0.717, 1.165) is 23.7 Å². The van der Waals surface area contributed by atoms with Gasteiger partial charge in [0.2, 0.25) is 0 Å². The van der Waals surface area contributed by atoms with Crippen molar-refractivity contribution in [1.82, 2.24) is 20.9 Å². The minimum Gasteiger partial charge on any atom is -0.264 e. The van der Waals surface area contributed by atoms with E-state index in [-0.39, 0.29) is 5.60 Å². The van der Waals surface area contributed by atoms with E-state index in [1.54, 1.807) is 5.28 Å². The molecule has 25 heavy (non-hydrogen) atoms. The Hall–Kier alpha value is -2.02. The van der Waals surface area contributed by atoms with Gasteiger partial charge in [-0.2, -0.15) is 0 Å². The van der Waals surface area contributed by atoms with Crippen molar-refractivity contribution in [2.75, 3.05) is 12.0 Å². The van der Waals surface area contributed by atoms with Crippen LogP contribution in [-0.4, -0.2) is 27.6 Å². The Balaban J connectivity index is 1.26. The SMILES string of the molecule is c1ccc(-c2ccc(NN3NC[C@]4(CC5CCC4CC5)O3)nn2)cc1. The molecule has 1 saturated heterocycles. The molecule has 2 bridgehead atoms. The molecule has 3 aliphatic carbocycles. The standard InChI is InChI=1S/C19H23N5O/c1-2-4-15(5-3-1)17-10-11-18(22-21-17)23-24-20-13-19(25-24)12-14-6-8-16(19)9-7-14/h1-5,10-11,14,16,20H,6-9,12-13H2,(H,22,23)/t14?,16?,19-/m0/s1. The van der Waals surface area contributed by atoms with Gasteiger partial charge in [0.25, 0.3) is 0 Å². The highest BCUT2D eigenvalue weighted by Crippen LogP contribution is 2.50. The Labute approximate surface area is 147 Å². The van der Waals surface area contributed by atoms with Crippen LogP contribution in [0.5, 0.6) is 0 Å². The second kappa shape index (κ2) is 6.05. The number of anilines is 1. The number of nitrogens with one attached hydrogen (secondary N) is 2. The molecule has 2 heterocycles. The van der Waals surface area contributed by atoms with Gasteiger partial charge in [0.05, 0.1) is 5.69 Å². The lowest BCUT2D eigenvalue weighted by molar-refractivity contribution is -0.235. The van der Waals surface area contributed by atoms with Crippen LogP contribution in [0.3, 0.4) is 0 Å². The summed E-state index contributed by atoms with van der Waals surface area (Å²) < 4.78 is 0. The van der Waals surface area contributed by atoms with E-state index < -0.39 is 0 Å². The van der Waals surface area contributed by atoms with Crippen molar-refractivity contribution in [3.8, 4) is 11.3 Å². The number of hydrogen-bond donors (Lipinski definition) is 2. The Morgan fingerprint density at radius 2 is 1.88 bits per heavy atom. The number of aromatic nitrogens is 2. The summed E-state index contributed by atoms with van der Waals surface area (Å²) >= 11 is 0. The van der Waals surface area contributed by atoms with Crippen LogP contribution in [0.2, 0.25) is 0 Å². The maximum absolute atomic E-state index is 6.29. The first-order valence-corrected chi connectivity index (χ1v) is 9.19. The van der Waals surface area contributed by atoms with Crippen LogP contribution in [0.1, 0.15) is 32.1 Å². The monoisotopic (exact) mass is 337 g/mol. The molecule has 130 valence electrons. The van der Waals surface area contributed by atoms with Gasteiger partial charge in [-0.1, -0.05) is 30.3 Å². The molecule has 4 fully saturated rings. The predicted octanol–water partition coefficient (Wildman–Crippen LogP) is 3.17. The van der Waals surface area contributed by atoms with Gasteiger partial charge in [0.1, 0.15) is 5.60 Å². The summed E-state index contributed by atoms with van der Waals surface area (Å²) in [6.07, 6.45) is 6.50. The lowest BCUT2D eigenvalue weighted by Gasteiger charge is -2.47. The quantitative estimate of drug-likeness (QED) is 0.897. The van der Waals surface area contributed by atoms with E-state index in [1.807, 2.05) is 42.5 Å². The predicted molar refractivity (Wildman–Crippen MR) is 94.8 cm³/mol. The molecule has 2 N–H and O–H groups in total. The van der Waals surface area contributed by atoms with Crippen LogP contribution < -0.4 is 10.9 Å². The van der Waals surface area contributed by atoms with Crippen LogP contribution in [0.25, 0.3) is 11.3 Å². The van der Waals surface area contributed by atoms with Crippen molar-refractivity contribution in [3.05, 3.63) is 42.5 Å². The molecule has 0 amide bonds. The highest BCUT2D eigenvalue weighted by Gasteiger charge is 2.52. The zero-order chi connectivity index (χ0) is 16.7. The van der Waals surface area contributed by atoms with Gasteiger partial charge in [-0.05, 0) is 61.4 Å². The summed E-state index contributed by atoms with van der Waals surface area (Å²) in [5.41, 5.74) is 8.40. The maximum atomic E-state index is 6.29. The third-order valence-electron chi connectivity index (χ3n) is 5.97. The highest BCUT2D eigenvalue weighted by atomic mass is 16.8. The number of hydrogen-bond acceptors (Lipinski definition) is 6. The Bertz CT molecular complexity index is 729. The topological polar surface area (TPSA) is 62.3 Å². The van der Waals surface area contributed by atoms with Crippen molar-refractivity contribution >= 4 is 5.82 Å². The zero-order valence-corrected chi connectivity index (χ0v) is 14.2. The van der Waals surface area contributed by atoms with Crippen molar-refractivity contribution < 1.29 is 4.84 Å². The first-order valence-electron chi connectivity index (χ1n) is 9.19. The Kier molecular flexibility index (Phi) is 3.69. The molecule has 1 aromatic heterocycles. The third kappa shape index (κ3) is 2.80. The van der Waals surface area contributed by atoms with Gasteiger partial charge in [0, 0.05) is 12.1 Å². The smallest absolute Gasteiger partial charge is 0.165 e. The van der Waals surface area contributed by atoms with Crippen LogP contribution in [0.4, 0.5) is 5.82 Å². The lowest BCUT2D eigenvalue weighted by Crippen LogP contribution is -2.50. The molecular weight excluding hydrogens is 314 g/mol. The van der Waals surface area contributed by atoms with Crippen molar-refractivity contribution in [3.63, 3.8) is 0 Å². The Morgan fingerprint density at radius 3 is 2.56 bits per heavy atom. The van der Waals surface area contributed by atoms with Crippen LogP contribution in [-0.2, 0) is 4.84 Å². The average Bonchev–Trinajstić information content (AvgIpc) is 3.06. The third-order valence-corrected chi connectivity index (χ3v) is 5.97. The van der Waals surface area contributed by atoms with Gasteiger partial charge in [0.15, 0.2) is 5.82 Å². The normalized spacial score (nSPS) is 31.5. The maximum Gasteiger partial charge on any atom is 0.165 e. The van der Waals surface area contributed by atoms with Crippen molar-refractivity contribution in [1.29, 1.82) is 0 Å². The molecule has 6 nitrogen and oxygen atoms in total. The van der Waals surface area contributed by atoms with Gasteiger partial charge in [-0.15, -0.1) is 10.2 Å².